The van der Waals surface area contributed by atoms with E-state index in [-0.39, 0.29) is 30.6 Å². The van der Waals surface area contributed by atoms with E-state index in [2.05, 4.69) is 20.6 Å². The molecule has 3 heterocycles. The highest BCUT2D eigenvalue weighted by Gasteiger charge is 2.31. The van der Waals surface area contributed by atoms with Crippen LogP contribution in [0.3, 0.4) is 0 Å². The monoisotopic (exact) mass is 393 g/mol. The van der Waals surface area contributed by atoms with Crippen LogP contribution in [-0.4, -0.2) is 33.7 Å². The lowest BCUT2D eigenvalue weighted by Crippen LogP contribution is -2.23. The summed E-state index contributed by atoms with van der Waals surface area (Å²) in [5.41, 5.74) is 2.12. The Morgan fingerprint density at radius 2 is 2.00 bits per heavy atom. The Morgan fingerprint density at radius 1 is 1.28 bits per heavy atom. The molecule has 0 unspecified atom stereocenters. The fourth-order valence-corrected chi connectivity index (χ4v) is 2.85. The van der Waals surface area contributed by atoms with Gasteiger partial charge >= 0.3 is 5.92 Å². The van der Waals surface area contributed by atoms with E-state index in [1.165, 1.54) is 4.57 Å². The second-order valence-electron chi connectivity index (χ2n) is 6.13. The Kier molecular flexibility index (Phi) is 7.17. The number of nitrogens with zero attached hydrogens (tertiary/aromatic N) is 3. The smallest absolute Gasteiger partial charge is 0.302 e. The highest BCUT2D eigenvalue weighted by molar-refractivity contribution is 5.85. The highest BCUT2D eigenvalue weighted by atomic mass is 35.5. The maximum Gasteiger partial charge on any atom is 0.302 e. The number of imidazole rings is 1. The molecular formula is C16H23Cl2F2N5. The van der Waals surface area contributed by atoms with Crippen molar-refractivity contribution < 1.29 is 8.78 Å². The van der Waals surface area contributed by atoms with Crippen LogP contribution in [0.2, 0.25) is 0 Å². The van der Waals surface area contributed by atoms with Gasteiger partial charge in [-0.25, -0.2) is 9.97 Å². The van der Waals surface area contributed by atoms with Gasteiger partial charge in [0.2, 0.25) is 0 Å². The van der Waals surface area contributed by atoms with Crippen molar-refractivity contribution in [3.8, 4) is 11.3 Å². The van der Waals surface area contributed by atoms with E-state index >= 15 is 0 Å². The maximum absolute atomic E-state index is 13.6. The lowest BCUT2D eigenvalue weighted by molar-refractivity contribution is 0.00509. The zero-order valence-corrected chi connectivity index (χ0v) is 16.0. The third kappa shape index (κ3) is 4.80. The standard InChI is InChI=1S/C16H21F2N5.2ClH/c1-10-4-5-12(14(20-10)21-11-6-7-19-8-11)13-9-23(3)15(22-13)16(2,17)18;;/h4-5,9,11,19H,6-8H2,1-3H3,(H,20,21);2*1H/t11-;;/m0../s1. The van der Waals surface area contributed by atoms with Crippen LogP contribution in [0, 0.1) is 6.92 Å². The zero-order valence-electron chi connectivity index (χ0n) is 14.3. The molecule has 0 spiro atoms. The van der Waals surface area contributed by atoms with Gasteiger partial charge in [-0.15, -0.1) is 24.8 Å². The number of anilines is 1. The molecule has 9 heteroatoms. The third-order valence-electron chi connectivity index (χ3n) is 3.98. The van der Waals surface area contributed by atoms with Crippen molar-refractivity contribution in [2.24, 2.45) is 7.05 Å². The largest absolute Gasteiger partial charge is 0.365 e. The molecule has 5 nitrogen and oxygen atoms in total. The molecule has 0 bridgehead atoms. The topological polar surface area (TPSA) is 54.8 Å². The molecule has 1 atom stereocenters. The van der Waals surface area contributed by atoms with Crippen LogP contribution >= 0.6 is 24.8 Å². The van der Waals surface area contributed by atoms with E-state index in [0.717, 1.165) is 37.7 Å². The number of hydrogen-bond donors (Lipinski definition) is 2. The van der Waals surface area contributed by atoms with Crippen LogP contribution in [0.5, 0.6) is 0 Å². The minimum absolute atomic E-state index is 0. The molecule has 0 saturated carbocycles. The molecule has 1 fully saturated rings. The second kappa shape index (κ2) is 8.29. The van der Waals surface area contributed by atoms with Gasteiger partial charge in [0.25, 0.3) is 0 Å². The lowest BCUT2D eigenvalue weighted by atomic mass is 10.1. The number of pyridine rings is 1. The Hall–Kier alpha value is -1.44. The van der Waals surface area contributed by atoms with Crippen LogP contribution in [0.4, 0.5) is 14.6 Å². The molecule has 1 aliphatic heterocycles. The van der Waals surface area contributed by atoms with Crippen LogP contribution in [-0.2, 0) is 13.0 Å². The van der Waals surface area contributed by atoms with Crippen molar-refractivity contribution in [3.05, 3.63) is 29.8 Å². The summed E-state index contributed by atoms with van der Waals surface area (Å²) in [6, 6.07) is 4.04. The van der Waals surface area contributed by atoms with Crippen molar-refractivity contribution in [2.75, 3.05) is 18.4 Å². The summed E-state index contributed by atoms with van der Waals surface area (Å²) in [4.78, 5) is 8.67. The summed E-state index contributed by atoms with van der Waals surface area (Å²) >= 11 is 0. The first-order valence-corrected chi connectivity index (χ1v) is 7.71. The Labute approximate surface area is 158 Å². The summed E-state index contributed by atoms with van der Waals surface area (Å²) < 4.78 is 28.6. The molecule has 3 rings (SSSR count). The number of aryl methyl sites for hydroxylation is 2. The molecule has 0 amide bonds. The number of hydrogen-bond acceptors (Lipinski definition) is 4. The Balaban J connectivity index is 0.00000156. The van der Waals surface area contributed by atoms with Crippen LogP contribution in [0.15, 0.2) is 18.3 Å². The molecule has 1 saturated heterocycles. The predicted molar refractivity (Wildman–Crippen MR) is 100 cm³/mol. The molecule has 0 aromatic carbocycles. The van der Waals surface area contributed by atoms with Gasteiger partial charge in [0.15, 0.2) is 5.82 Å². The summed E-state index contributed by atoms with van der Waals surface area (Å²) in [5, 5.41) is 6.70. The number of alkyl halides is 2. The van der Waals surface area contributed by atoms with E-state index in [4.69, 9.17) is 0 Å². The Morgan fingerprint density at radius 3 is 2.56 bits per heavy atom. The minimum Gasteiger partial charge on any atom is -0.365 e. The fraction of sp³-hybridized carbons (Fsp3) is 0.500. The second-order valence-corrected chi connectivity index (χ2v) is 6.13. The van der Waals surface area contributed by atoms with Crippen molar-refractivity contribution >= 4 is 30.6 Å². The van der Waals surface area contributed by atoms with E-state index in [1.54, 1.807) is 13.2 Å². The van der Waals surface area contributed by atoms with Gasteiger partial charge in [-0.3, -0.25) is 0 Å². The van der Waals surface area contributed by atoms with Crippen molar-refractivity contribution in [2.45, 2.75) is 32.2 Å². The molecule has 1 aliphatic rings. The lowest BCUT2D eigenvalue weighted by Gasteiger charge is -2.15. The zero-order chi connectivity index (χ0) is 16.6. The third-order valence-corrected chi connectivity index (χ3v) is 3.98. The summed E-state index contributed by atoms with van der Waals surface area (Å²) in [7, 11) is 1.58. The number of aromatic nitrogens is 3. The fourth-order valence-electron chi connectivity index (χ4n) is 2.85. The van der Waals surface area contributed by atoms with Gasteiger partial charge in [-0.1, -0.05) is 0 Å². The highest BCUT2D eigenvalue weighted by Crippen LogP contribution is 2.31. The summed E-state index contributed by atoms with van der Waals surface area (Å²) in [6.45, 7) is 4.60. The quantitative estimate of drug-likeness (QED) is 0.834. The normalized spacial score (nSPS) is 16.9. The molecule has 0 aliphatic carbocycles. The molecule has 0 radical (unpaired) electrons. The van der Waals surface area contributed by atoms with Crippen molar-refractivity contribution in [1.29, 1.82) is 0 Å². The van der Waals surface area contributed by atoms with Crippen LogP contribution in [0.25, 0.3) is 11.3 Å². The van der Waals surface area contributed by atoms with E-state index in [9.17, 15) is 8.78 Å². The maximum atomic E-state index is 13.6. The molecule has 25 heavy (non-hydrogen) atoms. The van der Waals surface area contributed by atoms with Crippen LogP contribution < -0.4 is 10.6 Å². The SMILES string of the molecule is Cc1ccc(-c2cn(C)c(C(C)(F)F)n2)c(N[C@H]2CCNC2)n1.Cl.Cl. The molecule has 140 valence electrons. The van der Waals surface area contributed by atoms with Gasteiger partial charge in [0.05, 0.1) is 5.69 Å². The number of rotatable bonds is 4. The average Bonchev–Trinajstić information content (AvgIpc) is 3.08. The van der Waals surface area contributed by atoms with Gasteiger partial charge in [-0.2, -0.15) is 8.78 Å². The van der Waals surface area contributed by atoms with Gasteiger partial charge < -0.3 is 15.2 Å². The summed E-state index contributed by atoms with van der Waals surface area (Å²) in [6.07, 6.45) is 2.63. The first-order valence-electron chi connectivity index (χ1n) is 7.71. The number of halogens is 4. The van der Waals surface area contributed by atoms with E-state index in [0.29, 0.717) is 17.6 Å². The van der Waals surface area contributed by atoms with Crippen molar-refractivity contribution in [1.82, 2.24) is 19.9 Å². The van der Waals surface area contributed by atoms with Crippen molar-refractivity contribution in [3.63, 3.8) is 0 Å². The van der Waals surface area contributed by atoms with Crippen LogP contribution in [0.1, 0.15) is 24.9 Å². The first-order chi connectivity index (χ1) is 10.8. The van der Waals surface area contributed by atoms with E-state index in [1.807, 2.05) is 19.1 Å². The number of nitrogens with one attached hydrogen (secondary N) is 2. The minimum atomic E-state index is -2.98. The van der Waals surface area contributed by atoms with E-state index < -0.39 is 5.92 Å². The van der Waals surface area contributed by atoms with Gasteiger partial charge in [0.1, 0.15) is 5.82 Å². The average molecular weight is 394 g/mol. The van der Waals surface area contributed by atoms with Gasteiger partial charge in [0, 0.05) is 44.0 Å². The Bertz CT molecular complexity index is 709. The molecular weight excluding hydrogens is 371 g/mol. The molecule has 2 aromatic rings. The predicted octanol–water partition coefficient (Wildman–Crippen LogP) is 3.52. The molecule has 2 N–H and O–H groups in total. The van der Waals surface area contributed by atoms with Gasteiger partial charge in [-0.05, 0) is 32.0 Å². The first kappa shape index (κ1) is 21.6. The summed E-state index contributed by atoms with van der Waals surface area (Å²) in [5.74, 6) is -2.53. The molecule has 2 aromatic heterocycles.